The summed E-state index contributed by atoms with van der Waals surface area (Å²) < 4.78 is 29.8. The van der Waals surface area contributed by atoms with Crippen molar-refractivity contribution in [2.75, 3.05) is 32.1 Å². The second-order valence-electron chi connectivity index (χ2n) is 12.2. The Balaban J connectivity index is 1.31. The van der Waals surface area contributed by atoms with E-state index in [4.69, 9.17) is 29.4 Å². The molecule has 2 saturated heterocycles. The Hall–Kier alpha value is -3.76. The van der Waals surface area contributed by atoms with Crippen molar-refractivity contribution in [3.8, 4) is 11.5 Å². The number of hydrogen-bond donors (Lipinski definition) is 5. The molecule has 2 aliphatic heterocycles. The van der Waals surface area contributed by atoms with E-state index in [9.17, 15) is 29.4 Å². The summed E-state index contributed by atoms with van der Waals surface area (Å²) in [5, 5.41) is 29.1. The maximum atomic E-state index is 14.0. The maximum Gasteiger partial charge on any atom is 0.238 e. The summed E-state index contributed by atoms with van der Waals surface area (Å²) in [5.74, 6) is -3.81. The number of benzene rings is 2. The topological polar surface area (TPSA) is 205 Å². The predicted octanol–water partition coefficient (Wildman–Crippen LogP) is 1.81. The van der Waals surface area contributed by atoms with Crippen LogP contribution >= 0.6 is 0 Å². The molecule has 2 aromatic carbocycles. The maximum absolute atomic E-state index is 14.0. The monoisotopic (exact) mass is 653 g/mol. The predicted molar refractivity (Wildman–Crippen MR) is 164 cm³/mol. The van der Waals surface area contributed by atoms with Gasteiger partial charge in [0.05, 0.1) is 53.8 Å². The van der Waals surface area contributed by atoms with E-state index >= 15 is 0 Å². The Morgan fingerprint density at radius 2 is 1.85 bits per heavy atom. The van der Waals surface area contributed by atoms with Gasteiger partial charge >= 0.3 is 0 Å². The third kappa shape index (κ3) is 6.06. The molecule has 6 N–H and O–H groups in total. The highest BCUT2D eigenvalue weighted by Crippen LogP contribution is 2.51. The first-order valence-electron chi connectivity index (χ1n) is 15.7. The number of Topliss-reactive ketones (excluding diaryl/α,β-unsaturated/α-hetero) is 1. The molecule has 0 radical (unpaired) electrons. The van der Waals surface area contributed by atoms with E-state index in [-0.39, 0.29) is 64.8 Å². The number of morpholine rings is 1. The van der Waals surface area contributed by atoms with Crippen molar-refractivity contribution >= 4 is 28.9 Å². The number of carbonyl (C=O) groups excluding carboxylic acids is 4. The van der Waals surface area contributed by atoms with Gasteiger partial charge in [0.15, 0.2) is 30.4 Å². The van der Waals surface area contributed by atoms with Crippen molar-refractivity contribution < 1.29 is 53.1 Å². The van der Waals surface area contributed by atoms with Gasteiger partial charge in [0.25, 0.3) is 0 Å². The van der Waals surface area contributed by atoms with Crippen LogP contribution in [0.15, 0.2) is 18.2 Å². The summed E-state index contributed by atoms with van der Waals surface area (Å²) >= 11 is 0. The number of nitrogens with one attached hydrogen (secondary N) is 2. The number of fused-ring (bicyclic) bond motifs is 3. The zero-order valence-corrected chi connectivity index (χ0v) is 26.4. The number of anilines is 1. The fraction of sp³-hybridized carbons (Fsp3) is 0.515. The van der Waals surface area contributed by atoms with Crippen LogP contribution in [-0.4, -0.2) is 91.3 Å². The summed E-state index contributed by atoms with van der Waals surface area (Å²) in [6.07, 6.45) is -2.35. The number of hydrogen-bond acceptors (Lipinski definition) is 13. The number of phenolic OH excluding ortho intramolecular Hbond substituents is 2. The summed E-state index contributed by atoms with van der Waals surface area (Å²) in [4.78, 5) is 52.5. The number of nitrogens with two attached hydrogens (primary N) is 1. The molecule has 2 aliphatic carbocycles. The SMILES string of the molecule is CO[C@H]1OCCN[C@@H]1O[C@H]1CC[C@H](O[C@H]2C[C@H](C(C)=O)Cc3c(O)c4c(c(O)c32)C(=O)c2c(NC(=O)CN)cccc2C4=O)O[C@H]1C. The lowest BCUT2D eigenvalue weighted by molar-refractivity contribution is -0.280. The van der Waals surface area contributed by atoms with Crippen molar-refractivity contribution in [1.82, 2.24) is 5.32 Å². The van der Waals surface area contributed by atoms with Crippen molar-refractivity contribution in [1.29, 1.82) is 0 Å². The molecule has 4 aliphatic rings. The molecule has 252 valence electrons. The Bertz CT molecular complexity index is 1610. The number of phenols is 2. The van der Waals surface area contributed by atoms with Gasteiger partial charge in [0.1, 0.15) is 17.3 Å². The Labute approximate surface area is 270 Å². The lowest BCUT2D eigenvalue weighted by Crippen LogP contribution is -2.54. The van der Waals surface area contributed by atoms with Crippen molar-refractivity contribution in [2.24, 2.45) is 11.7 Å². The lowest BCUT2D eigenvalue weighted by Gasteiger charge is -2.41. The van der Waals surface area contributed by atoms with Crippen LogP contribution in [0.25, 0.3) is 0 Å². The van der Waals surface area contributed by atoms with Gasteiger partial charge < -0.3 is 44.9 Å². The summed E-state index contributed by atoms with van der Waals surface area (Å²) in [5.41, 5.74) is 4.84. The molecule has 2 fully saturated rings. The fourth-order valence-corrected chi connectivity index (χ4v) is 6.92. The Morgan fingerprint density at radius 3 is 2.55 bits per heavy atom. The number of carbonyl (C=O) groups is 4. The van der Waals surface area contributed by atoms with Crippen LogP contribution in [0.4, 0.5) is 5.69 Å². The largest absolute Gasteiger partial charge is 0.507 e. The average Bonchev–Trinajstić information content (AvgIpc) is 3.06. The van der Waals surface area contributed by atoms with E-state index in [0.717, 1.165) is 0 Å². The van der Waals surface area contributed by atoms with Crippen LogP contribution in [0.2, 0.25) is 0 Å². The fourth-order valence-electron chi connectivity index (χ4n) is 6.92. The molecule has 0 bridgehead atoms. The molecule has 6 rings (SSSR count). The van der Waals surface area contributed by atoms with Crippen LogP contribution in [-0.2, 0) is 39.7 Å². The zero-order chi connectivity index (χ0) is 33.6. The first-order chi connectivity index (χ1) is 22.5. The van der Waals surface area contributed by atoms with Crippen LogP contribution in [0.3, 0.4) is 0 Å². The molecular weight excluding hydrogens is 614 g/mol. The average molecular weight is 654 g/mol. The van der Waals surface area contributed by atoms with E-state index < -0.39 is 71.5 Å². The van der Waals surface area contributed by atoms with E-state index in [0.29, 0.717) is 26.0 Å². The van der Waals surface area contributed by atoms with E-state index in [1.807, 2.05) is 6.92 Å². The minimum atomic E-state index is -0.957. The first-order valence-corrected chi connectivity index (χ1v) is 15.7. The zero-order valence-electron chi connectivity index (χ0n) is 26.4. The summed E-state index contributed by atoms with van der Waals surface area (Å²) in [6.45, 7) is 4.04. The molecule has 47 heavy (non-hydrogen) atoms. The second-order valence-corrected chi connectivity index (χ2v) is 12.2. The van der Waals surface area contributed by atoms with E-state index in [1.165, 1.54) is 25.1 Å². The highest BCUT2D eigenvalue weighted by molar-refractivity contribution is 6.32. The third-order valence-corrected chi connectivity index (χ3v) is 9.31. The molecule has 0 aromatic heterocycles. The molecule has 7 atom stereocenters. The van der Waals surface area contributed by atoms with Gasteiger partial charge in [-0.2, -0.15) is 0 Å². The van der Waals surface area contributed by atoms with E-state index in [1.54, 1.807) is 7.11 Å². The number of amides is 1. The molecule has 1 amide bonds. The van der Waals surface area contributed by atoms with Gasteiger partial charge in [-0.1, -0.05) is 12.1 Å². The molecule has 14 nitrogen and oxygen atoms in total. The summed E-state index contributed by atoms with van der Waals surface area (Å²) in [7, 11) is 1.54. The minimum absolute atomic E-state index is 0.0348. The van der Waals surface area contributed by atoms with Crippen LogP contribution in [0, 0.1) is 5.92 Å². The second kappa shape index (κ2) is 13.4. The number of ketones is 3. The van der Waals surface area contributed by atoms with Gasteiger partial charge in [-0.3, -0.25) is 24.5 Å². The standard InChI is InChI=1S/C33H39N3O11/c1-14(37)16-11-18-25(21(12-16)46-23-8-7-20(15(2)45-23)47-32-33(43-3)44-10-9-35-32)31(42)27-26(29(18)40)28(39)17-5-4-6-19(24(17)30(27)41)36-22(38)13-34/h4-6,15-16,20-21,23,32-33,35,40,42H,7-13,34H2,1-3H3,(H,36,38)/t15-,16+,20-,21-,23-,32+,33-/m0/s1. The summed E-state index contributed by atoms with van der Waals surface area (Å²) in [6, 6.07) is 4.34. The third-order valence-electron chi connectivity index (χ3n) is 9.31. The number of rotatable bonds is 8. The number of ether oxygens (including phenoxy) is 5. The van der Waals surface area contributed by atoms with Crippen LogP contribution in [0.1, 0.15) is 82.2 Å². The molecular formula is C33H39N3O11. The van der Waals surface area contributed by atoms with E-state index in [2.05, 4.69) is 10.6 Å². The smallest absolute Gasteiger partial charge is 0.238 e. The number of methoxy groups -OCH3 is 1. The first kappa shape index (κ1) is 33.2. The Morgan fingerprint density at radius 1 is 1.09 bits per heavy atom. The molecule has 2 aromatic rings. The molecule has 0 saturated carbocycles. The van der Waals surface area contributed by atoms with Gasteiger partial charge in [0, 0.05) is 42.7 Å². The van der Waals surface area contributed by atoms with Crippen LogP contribution in [0.5, 0.6) is 11.5 Å². The van der Waals surface area contributed by atoms with Crippen molar-refractivity contribution in [3.05, 3.63) is 51.6 Å². The number of aromatic hydroxyl groups is 2. The quantitative estimate of drug-likeness (QED) is 0.220. The molecule has 2 heterocycles. The molecule has 14 heteroatoms. The van der Waals surface area contributed by atoms with Crippen LogP contribution < -0.4 is 16.4 Å². The van der Waals surface area contributed by atoms with Crippen molar-refractivity contribution in [2.45, 2.75) is 76.7 Å². The molecule has 0 unspecified atom stereocenters. The van der Waals surface area contributed by atoms with Crippen molar-refractivity contribution in [3.63, 3.8) is 0 Å². The normalized spacial score (nSPS) is 28.6. The van der Waals surface area contributed by atoms with Gasteiger partial charge in [-0.05, 0) is 39.2 Å². The highest BCUT2D eigenvalue weighted by Gasteiger charge is 2.45. The van der Waals surface area contributed by atoms with Gasteiger partial charge in [-0.25, -0.2) is 0 Å². The Kier molecular flexibility index (Phi) is 9.45. The van der Waals surface area contributed by atoms with Gasteiger partial charge in [-0.15, -0.1) is 0 Å². The van der Waals surface area contributed by atoms with Gasteiger partial charge in [0.2, 0.25) is 5.91 Å². The molecule has 0 spiro atoms. The lowest BCUT2D eigenvalue weighted by atomic mass is 9.73. The highest BCUT2D eigenvalue weighted by atomic mass is 16.7. The minimum Gasteiger partial charge on any atom is -0.507 e.